The van der Waals surface area contributed by atoms with Crippen LogP contribution in [-0.4, -0.2) is 30.6 Å². The van der Waals surface area contributed by atoms with Gasteiger partial charge in [-0.3, -0.25) is 4.52 Å². The fourth-order valence-corrected chi connectivity index (χ4v) is 5.13. The summed E-state index contributed by atoms with van der Waals surface area (Å²) in [6.07, 6.45) is 8.82. The summed E-state index contributed by atoms with van der Waals surface area (Å²) in [6, 6.07) is 12.2. The van der Waals surface area contributed by atoms with E-state index < -0.39 is 7.82 Å². The summed E-state index contributed by atoms with van der Waals surface area (Å²) >= 11 is 0. The zero-order valence-corrected chi connectivity index (χ0v) is 19.9. The van der Waals surface area contributed by atoms with E-state index in [1.165, 1.54) is 0 Å². The van der Waals surface area contributed by atoms with Gasteiger partial charge in [0.2, 0.25) is 0 Å². The molecule has 1 aliphatic carbocycles. The minimum atomic E-state index is -4.41. The summed E-state index contributed by atoms with van der Waals surface area (Å²) in [5, 5.41) is 4.32. The fourth-order valence-electron chi connectivity index (χ4n) is 4.76. The molecule has 1 heterocycles. The molecule has 1 unspecified atom stereocenters. The van der Waals surface area contributed by atoms with Crippen molar-refractivity contribution in [2.45, 2.75) is 19.3 Å². The first-order valence-corrected chi connectivity index (χ1v) is 12.7. The van der Waals surface area contributed by atoms with E-state index in [1.54, 1.807) is 14.2 Å². The zero-order valence-electron chi connectivity index (χ0n) is 19.0. The predicted molar refractivity (Wildman–Crippen MR) is 132 cm³/mol. The Morgan fingerprint density at radius 3 is 2.53 bits per heavy atom. The third-order valence-electron chi connectivity index (χ3n) is 6.36. The van der Waals surface area contributed by atoms with Gasteiger partial charge in [-0.2, -0.15) is 0 Å². The van der Waals surface area contributed by atoms with Crippen molar-refractivity contribution >= 4 is 36.4 Å². The van der Waals surface area contributed by atoms with E-state index in [0.717, 1.165) is 68.1 Å². The van der Waals surface area contributed by atoms with Crippen LogP contribution in [0.3, 0.4) is 0 Å². The maximum Gasteiger partial charge on any atom is 0.469 e. The van der Waals surface area contributed by atoms with Crippen LogP contribution in [0.1, 0.15) is 24.8 Å². The van der Waals surface area contributed by atoms with Crippen LogP contribution < -0.4 is 20.0 Å². The zero-order chi connectivity index (χ0) is 23.9. The number of methoxy groups -OCH3 is 2. The monoisotopic (exact) mass is 479 g/mol. The van der Waals surface area contributed by atoms with Gasteiger partial charge in [0.15, 0.2) is 0 Å². The minimum Gasteiger partial charge on any atom is -0.497 e. The van der Waals surface area contributed by atoms with Crippen molar-refractivity contribution in [3.05, 3.63) is 58.6 Å². The van der Waals surface area contributed by atoms with Crippen LogP contribution >= 0.6 is 7.82 Å². The van der Waals surface area contributed by atoms with E-state index in [9.17, 15) is 4.57 Å². The molecule has 0 aromatic heterocycles. The maximum atomic E-state index is 10.9. The average Bonchev–Trinajstić information content (AvgIpc) is 3.21. The lowest BCUT2D eigenvalue weighted by Gasteiger charge is -2.17. The van der Waals surface area contributed by atoms with E-state index in [0.29, 0.717) is 6.42 Å². The Labute approximate surface area is 197 Å². The van der Waals surface area contributed by atoms with Gasteiger partial charge in [-0.25, -0.2) is 9.56 Å². The van der Waals surface area contributed by atoms with E-state index in [4.69, 9.17) is 24.3 Å². The summed E-state index contributed by atoms with van der Waals surface area (Å²) in [4.78, 5) is 22.7. The largest absolute Gasteiger partial charge is 0.497 e. The molecule has 8 heteroatoms. The highest BCUT2D eigenvalue weighted by Gasteiger charge is 2.23. The number of benzene rings is 3. The molecule has 2 N–H and O–H groups in total. The molecular formula is C26H26NO6P. The van der Waals surface area contributed by atoms with Crippen molar-refractivity contribution < 1.29 is 28.3 Å². The van der Waals surface area contributed by atoms with Crippen LogP contribution in [0, 0.1) is 5.92 Å². The molecule has 1 atom stereocenters. The van der Waals surface area contributed by atoms with Crippen LogP contribution in [-0.2, 0) is 9.09 Å². The molecule has 1 aliphatic heterocycles. The third-order valence-corrected chi connectivity index (χ3v) is 6.88. The molecule has 0 amide bonds. The molecule has 0 bridgehead atoms. The standard InChI is InChI=1S/C26H26NO6P/c1-31-17-7-10-20-22(14-17)19-9-6-16(5-3-4-12-33-34(28,29)30)13-23(19)26-25(20)21-11-8-18(32-2)15-24(21)27-26/h6-11,13-16H,3-5,12H2,1-2H3,(H2,28,29,30). The topological polar surface area (TPSA) is 97.6 Å². The average molecular weight is 479 g/mol. The van der Waals surface area contributed by atoms with Crippen molar-refractivity contribution in [1.82, 2.24) is 0 Å². The van der Waals surface area contributed by atoms with E-state index in [2.05, 4.69) is 41.0 Å². The second-order valence-electron chi connectivity index (χ2n) is 8.47. The third kappa shape index (κ3) is 4.28. The molecule has 3 aromatic carbocycles. The Balaban J connectivity index is 1.57. The van der Waals surface area contributed by atoms with Crippen LogP contribution in [0.5, 0.6) is 11.5 Å². The van der Waals surface area contributed by atoms with Gasteiger partial charge >= 0.3 is 7.82 Å². The van der Waals surface area contributed by atoms with Crippen molar-refractivity contribution in [2.24, 2.45) is 10.9 Å². The molecule has 34 heavy (non-hydrogen) atoms. The molecule has 0 fully saturated rings. The number of allylic oxidation sites excluding steroid dienone is 1. The van der Waals surface area contributed by atoms with Gasteiger partial charge in [-0.1, -0.05) is 24.6 Å². The normalized spacial score (nSPS) is 15.8. The molecule has 0 saturated carbocycles. The molecular weight excluding hydrogens is 453 g/mol. The van der Waals surface area contributed by atoms with Crippen molar-refractivity contribution in [2.75, 3.05) is 20.8 Å². The van der Waals surface area contributed by atoms with Gasteiger partial charge < -0.3 is 19.3 Å². The van der Waals surface area contributed by atoms with Crippen LogP contribution in [0.15, 0.2) is 47.5 Å². The number of ether oxygens (including phenoxy) is 2. The lowest BCUT2D eigenvalue weighted by atomic mass is 9.87. The summed E-state index contributed by atoms with van der Waals surface area (Å²) in [7, 11) is -1.08. The number of hydrogen-bond acceptors (Lipinski definition) is 5. The molecule has 5 rings (SSSR count). The number of phosphoric ester groups is 1. The molecule has 7 nitrogen and oxygen atoms in total. The molecule has 0 saturated heterocycles. The van der Waals surface area contributed by atoms with Crippen molar-refractivity contribution in [3.8, 4) is 22.6 Å². The smallest absolute Gasteiger partial charge is 0.469 e. The van der Waals surface area contributed by atoms with Gasteiger partial charge in [0.05, 0.1) is 31.9 Å². The van der Waals surface area contributed by atoms with Gasteiger partial charge in [-0.15, -0.1) is 0 Å². The summed E-state index contributed by atoms with van der Waals surface area (Å²) in [6.45, 7) is 0.0452. The molecule has 0 radical (unpaired) electrons. The number of fused-ring (bicyclic) bond motifs is 8. The second-order valence-corrected chi connectivity index (χ2v) is 9.71. The molecule has 2 aliphatic rings. The molecule has 176 valence electrons. The number of rotatable bonds is 8. The van der Waals surface area contributed by atoms with Crippen LogP contribution in [0.2, 0.25) is 0 Å². The first-order chi connectivity index (χ1) is 16.4. The summed E-state index contributed by atoms with van der Waals surface area (Å²) in [5.41, 5.74) is 4.23. The Morgan fingerprint density at radius 2 is 1.76 bits per heavy atom. The lowest BCUT2D eigenvalue weighted by molar-refractivity contribution is 0.193. The second kappa shape index (κ2) is 9.01. The molecule has 3 aromatic rings. The minimum absolute atomic E-state index is 0.0452. The fraction of sp³-hybridized carbons (Fsp3) is 0.269. The first kappa shape index (κ1) is 22.8. The number of unbranched alkanes of at least 4 members (excludes halogenated alkanes) is 1. The number of phosphoric acid groups is 1. The highest BCUT2D eigenvalue weighted by atomic mass is 31.2. The van der Waals surface area contributed by atoms with Gasteiger partial charge in [0, 0.05) is 22.4 Å². The highest BCUT2D eigenvalue weighted by molar-refractivity contribution is 7.46. The van der Waals surface area contributed by atoms with Gasteiger partial charge in [-0.05, 0) is 65.4 Å². The predicted octanol–water partition coefficient (Wildman–Crippen LogP) is 4.49. The Kier molecular flexibility index (Phi) is 6.04. The van der Waals surface area contributed by atoms with Crippen molar-refractivity contribution in [1.29, 1.82) is 0 Å². The van der Waals surface area contributed by atoms with Gasteiger partial charge in [0.25, 0.3) is 0 Å². The summed E-state index contributed by atoms with van der Waals surface area (Å²) in [5.74, 6) is 1.78. The van der Waals surface area contributed by atoms with Gasteiger partial charge in [0.1, 0.15) is 11.5 Å². The van der Waals surface area contributed by atoms with Crippen molar-refractivity contribution in [3.63, 3.8) is 0 Å². The lowest BCUT2D eigenvalue weighted by Crippen LogP contribution is -2.31. The quantitative estimate of drug-likeness (QED) is 0.286. The van der Waals surface area contributed by atoms with E-state index >= 15 is 0 Å². The van der Waals surface area contributed by atoms with E-state index in [1.807, 2.05) is 18.2 Å². The Hall–Kier alpha value is -2.96. The molecule has 0 spiro atoms. The Bertz CT molecular complexity index is 1470. The van der Waals surface area contributed by atoms with Crippen LogP contribution in [0.25, 0.3) is 34.1 Å². The SMILES string of the molecule is COc1ccc2c(c1)N=c1c-2c2ccc(OC)cc2c2c1=CC(CCCCOP(=O)(O)O)C=C2. The van der Waals surface area contributed by atoms with E-state index in [-0.39, 0.29) is 12.5 Å². The maximum absolute atomic E-state index is 10.9. The van der Waals surface area contributed by atoms with Crippen LogP contribution in [0.4, 0.5) is 5.69 Å². The first-order valence-electron chi connectivity index (χ1n) is 11.2. The number of hydrogen-bond donors (Lipinski definition) is 2. The highest BCUT2D eigenvalue weighted by Crippen LogP contribution is 2.40. The Morgan fingerprint density at radius 1 is 1.00 bits per heavy atom. The number of nitrogens with zero attached hydrogens (tertiary/aromatic N) is 1. The summed E-state index contributed by atoms with van der Waals surface area (Å²) < 4.78 is 26.3.